The van der Waals surface area contributed by atoms with Crippen molar-refractivity contribution in [1.82, 2.24) is 4.90 Å². The maximum Gasteiger partial charge on any atom is 0.229 e. The molecule has 0 aliphatic heterocycles. The third-order valence-corrected chi connectivity index (χ3v) is 2.31. The second-order valence-electron chi connectivity index (χ2n) is 3.14. The molecule has 0 saturated heterocycles. The smallest absolute Gasteiger partial charge is 0.229 e. The van der Waals surface area contributed by atoms with Crippen LogP contribution in [0.5, 0.6) is 0 Å². The molecule has 0 fully saturated rings. The highest BCUT2D eigenvalue weighted by Crippen LogP contribution is 2.09. The first-order chi connectivity index (χ1) is 5.54. The van der Waals surface area contributed by atoms with Gasteiger partial charge in [0.15, 0.2) is 0 Å². The second kappa shape index (κ2) is 4.96. The summed E-state index contributed by atoms with van der Waals surface area (Å²) >= 11 is 0. The van der Waals surface area contributed by atoms with E-state index in [1.807, 2.05) is 40.8 Å². The van der Waals surface area contributed by atoms with E-state index in [-0.39, 0.29) is 11.8 Å². The van der Waals surface area contributed by atoms with Crippen LogP contribution in [0, 0.1) is 5.92 Å². The monoisotopic (exact) mass is 169 g/mol. The Balaban J connectivity index is 4.29. The van der Waals surface area contributed by atoms with Crippen molar-refractivity contribution in [2.45, 2.75) is 34.1 Å². The van der Waals surface area contributed by atoms with E-state index in [2.05, 4.69) is 0 Å². The molecule has 2 heteroatoms. The molecule has 0 aliphatic carbocycles. The van der Waals surface area contributed by atoms with Gasteiger partial charge in [-0.2, -0.15) is 0 Å². The molecule has 0 bridgehead atoms. The van der Waals surface area contributed by atoms with E-state index in [1.54, 1.807) is 4.90 Å². The van der Waals surface area contributed by atoms with Gasteiger partial charge in [-0.1, -0.05) is 19.9 Å². The molecule has 0 spiro atoms. The molecule has 0 N–H and O–H groups in total. The van der Waals surface area contributed by atoms with Gasteiger partial charge < -0.3 is 4.90 Å². The fourth-order valence-electron chi connectivity index (χ4n) is 0.873. The first-order valence-electron chi connectivity index (χ1n) is 4.45. The molecule has 2 nitrogen and oxygen atoms in total. The Morgan fingerprint density at radius 3 is 2.42 bits per heavy atom. The van der Waals surface area contributed by atoms with Crippen molar-refractivity contribution in [2.24, 2.45) is 5.92 Å². The maximum absolute atomic E-state index is 11.6. The molecule has 1 atom stereocenters. The average molecular weight is 169 g/mol. The Kier molecular flexibility index (Phi) is 4.64. The van der Waals surface area contributed by atoms with Gasteiger partial charge >= 0.3 is 0 Å². The molecule has 1 unspecified atom stereocenters. The number of nitrogens with zero attached hydrogens (tertiary/aromatic N) is 1. The van der Waals surface area contributed by atoms with Crippen LogP contribution in [0.3, 0.4) is 0 Å². The second-order valence-corrected chi connectivity index (χ2v) is 3.14. The standard InChI is InChI=1S/C10H19NO/c1-6-8(3)10(12)11(5)9(4)7-2/h7-8H,6H2,1-5H3. The topological polar surface area (TPSA) is 20.3 Å². The Labute approximate surface area is 75.3 Å². The highest BCUT2D eigenvalue weighted by molar-refractivity contribution is 5.79. The van der Waals surface area contributed by atoms with Crippen LogP contribution in [0.4, 0.5) is 0 Å². The van der Waals surface area contributed by atoms with Crippen LogP contribution in [-0.4, -0.2) is 17.9 Å². The molecule has 70 valence electrons. The van der Waals surface area contributed by atoms with Gasteiger partial charge in [0.25, 0.3) is 0 Å². The molecular weight excluding hydrogens is 150 g/mol. The zero-order chi connectivity index (χ0) is 9.72. The van der Waals surface area contributed by atoms with Crippen molar-refractivity contribution < 1.29 is 4.79 Å². The number of rotatable bonds is 3. The van der Waals surface area contributed by atoms with Crippen LogP contribution >= 0.6 is 0 Å². The van der Waals surface area contributed by atoms with Crippen molar-refractivity contribution in [3.63, 3.8) is 0 Å². The van der Waals surface area contributed by atoms with Gasteiger partial charge in [-0.3, -0.25) is 4.79 Å². The molecule has 0 saturated carbocycles. The summed E-state index contributed by atoms with van der Waals surface area (Å²) in [5, 5.41) is 0. The van der Waals surface area contributed by atoms with Crippen molar-refractivity contribution in [2.75, 3.05) is 7.05 Å². The lowest BCUT2D eigenvalue weighted by Crippen LogP contribution is -2.29. The van der Waals surface area contributed by atoms with Crippen molar-refractivity contribution in [3.05, 3.63) is 11.8 Å². The number of amides is 1. The van der Waals surface area contributed by atoms with Crippen LogP contribution in [0.15, 0.2) is 11.8 Å². The lowest BCUT2D eigenvalue weighted by molar-refractivity contribution is -0.131. The van der Waals surface area contributed by atoms with Crippen molar-refractivity contribution in [1.29, 1.82) is 0 Å². The summed E-state index contributed by atoms with van der Waals surface area (Å²) < 4.78 is 0. The lowest BCUT2D eigenvalue weighted by atomic mass is 10.1. The normalized spacial score (nSPS) is 14.2. The van der Waals surface area contributed by atoms with Crippen LogP contribution < -0.4 is 0 Å². The molecule has 0 aromatic carbocycles. The van der Waals surface area contributed by atoms with E-state index >= 15 is 0 Å². The summed E-state index contributed by atoms with van der Waals surface area (Å²) in [5.74, 6) is 0.331. The van der Waals surface area contributed by atoms with Gasteiger partial charge in [0.2, 0.25) is 5.91 Å². The molecule has 0 radical (unpaired) electrons. The van der Waals surface area contributed by atoms with Crippen LogP contribution in [-0.2, 0) is 4.79 Å². The van der Waals surface area contributed by atoms with E-state index in [4.69, 9.17) is 0 Å². The minimum absolute atomic E-state index is 0.130. The van der Waals surface area contributed by atoms with Crippen LogP contribution in [0.1, 0.15) is 34.1 Å². The average Bonchev–Trinajstić information content (AvgIpc) is 2.12. The minimum Gasteiger partial charge on any atom is -0.320 e. The zero-order valence-electron chi connectivity index (χ0n) is 8.72. The number of hydrogen-bond acceptors (Lipinski definition) is 1. The highest BCUT2D eigenvalue weighted by atomic mass is 16.2. The van der Waals surface area contributed by atoms with Crippen LogP contribution in [0.25, 0.3) is 0 Å². The summed E-state index contributed by atoms with van der Waals surface area (Å²) in [6.07, 6.45) is 2.85. The van der Waals surface area contributed by atoms with E-state index in [9.17, 15) is 4.79 Å². The Hall–Kier alpha value is -0.790. The van der Waals surface area contributed by atoms with Crippen LogP contribution in [0.2, 0.25) is 0 Å². The molecule has 0 heterocycles. The maximum atomic E-state index is 11.6. The Morgan fingerprint density at radius 2 is 2.08 bits per heavy atom. The van der Waals surface area contributed by atoms with Gasteiger partial charge in [-0.05, 0) is 20.3 Å². The van der Waals surface area contributed by atoms with Gasteiger partial charge in [-0.25, -0.2) is 0 Å². The Bertz CT molecular complexity index is 184. The molecule has 0 aromatic heterocycles. The van der Waals surface area contributed by atoms with Gasteiger partial charge in [0.1, 0.15) is 0 Å². The fraction of sp³-hybridized carbons (Fsp3) is 0.700. The summed E-state index contributed by atoms with van der Waals surface area (Å²) in [6, 6.07) is 0. The summed E-state index contributed by atoms with van der Waals surface area (Å²) in [5.41, 5.74) is 1.01. The van der Waals surface area contributed by atoms with Gasteiger partial charge in [0.05, 0.1) is 0 Å². The summed E-state index contributed by atoms with van der Waals surface area (Å²) in [6.45, 7) is 7.87. The first kappa shape index (κ1) is 11.2. The fourth-order valence-corrected chi connectivity index (χ4v) is 0.873. The summed E-state index contributed by atoms with van der Waals surface area (Å²) in [4.78, 5) is 13.3. The quantitative estimate of drug-likeness (QED) is 0.635. The zero-order valence-corrected chi connectivity index (χ0v) is 8.72. The van der Waals surface area contributed by atoms with E-state index in [0.717, 1.165) is 12.1 Å². The first-order valence-corrected chi connectivity index (χ1v) is 4.45. The van der Waals surface area contributed by atoms with Crippen molar-refractivity contribution in [3.8, 4) is 0 Å². The third-order valence-electron chi connectivity index (χ3n) is 2.31. The van der Waals surface area contributed by atoms with Crippen molar-refractivity contribution >= 4 is 5.91 Å². The minimum atomic E-state index is 0.130. The molecule has 0 rings (SSSR count). The molecule has 12 heavy (non-hydrogen) atoms. The molecule has 0 aromatic rings. The van der Waals surface area contributed by atoms with Gasteiger partial charge in [-0.15, -0.1) is 0 Å². The van der Waals surface area contributed by atoms with Gasteiger partial charge in [0, 0.05) is 18.7 Å². The highest BCUT2D eigenvalue weighted by Gasteiger charge is 2.15. The molecule has 0 aliphatic rings. The lowest BCUT2D eigenvalue weighted by Gasteiger charge is -2.20. The van der Waals surface area contributed by atoms with E-state index in [1.165, 1.54) is 0 Å². The third kappa shape index (κ3) is 2.68. The molecule has 1 amide bonds. The predicted molar refractivity (Wildman–Crippen MR) is 51.7 cm³/mol. The largest absolute Gasteiger partial charge is 0.320 e. The van der Waals surface area contributed by atoms with E-state index in [0.29, 0.717) is 0 Å². The number of allylic oxidation sites excluding steroid dienone is 2. The number of carbonyl (C=O) groups is 1. The SMILES string of the molecule is CC=C(C)N(C)C(=O)C(C)CC. The number of hydrogen-bond donors (Lipinski definition) is 0. The number of carbonyl (C=O) groups excluding carboxylic acids is 1. The Morgan fingerprint density at radius 1 is 1.58 bits per heavy atom. The van der Waals surface area contributed by atoms with E-state index < -0.39 is 0 Å². The predicted octanol–water partition coefficient (Wildman–Crippen LogP) is 2.41. The molecular formula is C10H19NO. The summed E-state index contributed by atoms with van der Waals surface area (Å²) in [7, 11) is 1.82.